The van der Waals surface area contributed by atoms with Gasteiger partial charge in [-0.2, -0.15) is 0 Å². The van der Waals surface area contributed by atoms with Gasteiger partial charge in [-0.3, -0.25) is 0 Å². The molecule has 1 aromatic heterocycles. The number of ether oxygens (including phenoxy) is 1. The van der Waals surface area contributed by atoms with Crippen molar-refractivity contribution in [3.05, 3.63) is 47.5 Å². The van der Waals surface area contributed by atoms with Crippen LogP contribution in [0.5, 0.6) is 5.75 Å². The van der Waals surface area contributed by atoms with E-state index in [4.69, 9.17) is 22.1 Å². The van der Waals surface area contributed by atoms with Gasteiger partial charge in [0.25, 0.3) is 0 Å². The smallest absolute Gasteiger partial charge is 0.143 e. The molecule has 0 radical (unpaired) electrons. The monoisotopic (exact) mass is 303 g/mol. The second kappa shape index (κ2) is 5.18. The molecule has 4 nitrogen and oxygen atoms in total. The largest absolute Gasteiger partial charge is 0.495 e. The molecule has 21 heavy (non-hydrogen) atoms. The fraction of sp³-hybridized carbons (Fsp3) is 0.0667. The molecular formula is C15H11ClFN3O. The number of halogens is 2. The van der Waals surface area contributed by atoms with Crippen LogP contribution in [0.2, 0.25) is 5.02 Å². The summed E-state index contributed by atoms with van der Waals surface area (Å²) >= 11 is 5.83. The maximum atomic E-state index is 13.3. The Kier molecular flexibility index (Phi) is 3.35. The van der Waals surface area contributed by atoms with E-state index in [-0.39, 0.29) is 5.02 Å². The van der Waals surface area contributed by atoms with Crippen LogP contribution in [-0.4, -0.2) is 17.1 Å². The van der Waals surface area contributed by atoms with Gasteiger partial charge < -0.3 is 10.5 Å². The maximum absolute atomic E-state index is 13.3. The molecule has 0 aliphatic rings. The minimum absolute atomic E-state index is 0.0424. The van der Waals surface area contributed by atoms with Crippen molar-refractivity contribution in [2.45, 2.75) is 0 Å². The molecule has 0 atom stereocenters. The first-order valence-corrected chi connectivity index (χ1v) is 6.51. The Morgan fingerprint density at radius 2 is 2.00 bits per heavy atom. The van der Waals surface area contributed by atoms with Gasteiger partial charge >= 0.3 is 0 Å². The predicted octanol–water partition coefficient (Wildman–Crippen LogP) is 3.68. The van der Waals surface area contributed by atoms with Crippen LogP contribution >= 0.6 is 11.6 Å². The summed E-state index contributed by atoms with van der Waals surface area (Å²) in [4.78, 5) is 8.46. The molecule has 2 N–H and O–H groups in total. The number of fused-ring (bicyclic) bond motifs is 1. The number of aromatic nitrogens is 2. The molecule has 3 aromatic rings. The zero-order valence-corrected chi connectivity index (χ0v) is 11.9. The Morgan fingerprint density at radius 3 is 2.71 bits per heavy atom. The lowest BCUT2D eigenvalue weighted by atomic mass is 10.1. The van der Waals surface area contributed by atoms with Crippen LogP contribution in [0.1, 0.15) is 0 Å². The average Bonchev–Trinajstić information content (AvgIpc) is 2.49. The van der Waals surface area contributed by atoms with Gasteiger partial charge in [0.05, 0.1) is 29.0 Å². The zero-order valence-electron chi connectivity index (χ0n) is 11.1. The third kappa shape index (κ3) is 2.36. The maximum Gasteiger partial charge on any atom is 0.143 e. The Bertz CT molecular complexity index is 839. The summed E-state index contributed by atoms with van der Waals surface area (Å²) < 4.78 is 18.5. The van der Waals surface area contributed by atoms with Crippen molar-refractivity contribution < 1.29 is 9.13 Å². The third-order valence-electron chi connectivity index (χ3n) is 3.18. The molecule has 106 valence electrons. The van der Waals surface area contributed by atoms with E-state index in [1.165, 1.54) is 18.5 Å². The van der Waals surface area contributed by atoms with Crippen molar-refractivity contribution in [3.63, 3.8) is 0 Å². The molecule has 0 unspecified atom stereocenters. The van der Waals surface area contributed by atoms with Crippen molar-refractivity contribution in [2.24, 2.45) is 0 Å². The molecule has 0 saturated heterocycles. The molecule has 0 amide bonds. The molecule has 3 rings (SSSR count). The number of hydrogen-bond donors (Lipinski definition) is 1. The predicted molar refractivity (Wildman–Crippen MR) is 80.9 cm³/mol. The first-order chi connectivity index (χ1) is 10.1. The van der Waals surface area contributed by atoms with E-state index in [0.717, 1.165) is 5.39 Å². The van der Waals surface area contributed by atoms with Crippen LogP contribution in [0.25, 0.3) is 22.2 Å². The van der Waals surface area contributed by atoms with Gasteiger partial charge in [0.15, 0.2) is 0 Å². The number of nitrogens with zero attached hydrogens (tertiary/aromatic N) is 2. The van der Waals surface area contributed by atoms with E-state index >= 15 is 0 Å². The minimum Gasteiger partial charge on any atom is -0.495 e. The Balaban J connectivity index is 2.27. The molecule has 0 fully saturated rings. The summed E-state index contributed by atoms with van der Waals surface area (Å²) in [6.45, 7) is 0. The van der Waals surface area contributed by atoms with Crippen LogP contribution in [-0.2, 0) is 0 Å². The zero-order chi connectivity index (χ0) is 15.0. The van der Waals surface area contributed by atoms with E-state index in [0.29, 0.717) is 28.2 Å². The van der Waals surface area contributed by atoms with Gasteiger partial charge in [0.2, 0.25) is 0 Å². The summed E-state index contributed by atoms with van der Waals surface area (Å²) in [6.07, 6.45) is 1.44. The number of hydrogen-bond acceptors (Lipinski definition) is 4. The van der Waals surface area contributed by atoms with Crippen LogP contribution in [0.3, 0.4) is 0 Å². The van der Waals surface area contributed by atoms with Crippen molar-refractivity contribution in [2.75, 3.05) is 12.8 Å². The normalized spacial score (nSPS) is 10.8. The molecule has 0 saturated carbocycles. The van der Waals surface area contributed by atoms with E-state index in [1.54, 1.807) is 25.3 Å². The molecule has 6 heteroatoms. The van der Waals surface area contributed by atoms with E-state index < -0.39 is 5.82 Å². The Morgan fingerprint density at radius 1 is 1.19 bits per heavy atom. The topological polar surface area (TPSA) is 61.0 Å². The van der Waals surface area contributed by atoms with Crippen LogP contribution < -0.4 is 10.5 Å². The van der Waals surface area contributed by atoms with Gasteiger partial charge in [-0.1, -0.05) is 11.6 Å². The van der Waals surface area contributed by atoms with Crippen molar-refractivity contribution in [1.82, 2.24) is 9.97 Å². The van der Waals surface area contributed by atoms with E-state index in [9.17, 15) is 4.39 Å². The summed E-state index contributed by atoms with van der Waals surface area (Å²) in [6, 6.07) is 7.92. The summed E-state index contributed by atoms with van der Waals surface area (Å²) in [5, 5.41) is 0.791. The molecule has 2 aromatic carbocycles. The highest BCUT2D eigenvalue weighted by Crippen LogP contribution is 2.33. The van der Waals surface area contributed by atoms with Gasteiger partial charge in [-0.15, -0.1) is 0 Å². The van der Waals surface area contributed by atoms with Gasteiger partial charge in [-0.05, 0) is 24.3 Å². The number of nitrogens with two attached hydrogens (primary N) is 1. The third-order valence-corrected chi connectivity index (χ3v) is 3.47. The standard InChI is InChI=1S/C15H11ClFN3O/c1-21-14-6-13-9(5-12(14)18)15(20-7-19-13)8-2-3-11(17)10(16)4-8/h2-7H,18H2,1H3. The first-order valence-electron chi connectivity index (χ1n) is 6.14. The van der Waals surface area contributed by atoms with Crippen molar-refractivity contribution in [3.8, 4) is 17.0 Å². The quantitative estimate of drug-likeness (QED) is 0.734. The van der Waals surface area contributed by atoms with E-state index in [2.05, 4.69) is 9.97 Å². The summed E-state index contributed by atoms with van der Waals surface area (Å²) in [7, 11) is 1.54. The highest BCUT2D eigenvalue weighted by molar-refractivity contribution is 6.31. The van der Waals surface area contributed by atoms with Crippen LogP contribution in [0, 0.1) is 5.82 Å². The fourth-order valence-electron chi connectivity index (χ4n) is 2.15. The Labute approximate surface area is 125 Å². The highest BCUT2D eigenvalue weighted by atomic mass is 35.5. The summed E-state index contributed by atoms with van der Waals surface area (Å²) in [5.74, 6) is 0.0734. The van der Waals surface area contributed by atoms with Gasteiger partial charge in [0, 0.05) is 17.0 Å². The highest BCUT2D eigenvalue weighted by Gasteiger charge is 2.11. The van der Waals surface area contributed by atoms with Crippen molar-refractivity contribution >= 4 is 28.2 Å². The number of anilines is 1. The molecular weight excluding hydrogens is 293 g/mol. The molecule has 0 aliphatic carbocycles. The minimum atomic E-state index is -0.472. The van der Waals surface area contributed by atoms with Gasteiger partial charge in [0.1, 0.15) is 17.9 Å². The fourth-order valence-corrected chi connectivity index (χ4v) is 2.33. The Hall–Kier alpha value is -2.40. The number of rotatable bonds is 2. The van der Waals surface area contributed by atoms with Crippen LogP contribution in [0.4, 0.5) is 10.1 Å². The van der Waals surface area contributed by atoms with Gasteiger partial charge in [-0.25, -0.2) is 14.4 Å². The lowest BCUT2D eigenvalue weighted by Gasteiger charge is -2.09. The van der Waals surface area contributed by atoms with Crippen LogP contribution in [0.15, 0.2) is 36.7 Å². The lowest BCUT2D eigenvalue weighted by Crippen LogP contribution is -1.95. The number of methoxy groups -OCH3 is 1. The number of nitrogen functional groups attached to an aromatic ring is 1. The molecule has 1 heterocycles. The average molecular weight is 304 g/mol. The second-order valence-electron chi connectivity index (χ2n) is 4.46. The molecule has 0 bridgehead atoms. The van der Waals surface area contributed by atoms with E-state index in [1.807, 2.05) is 0 Å². The molecule has 0 spiro atoms. The summed E-state index contributed by atoms with van der Waals surface area (Å²) in [5.41, 5.74) is 8.43. The first kappa shape index (κ1) is 13.6. The second-order valence-corrected chi connectivity index (χ2v) is 4.87. The molecule has 0 aliphatic heterocycles. The SMILES string of the molecule is COc1cc2ncnc(-c3ccc(F)c(Cl)c3)c2cc1N. The number of benzene rings is 2. The lowest BCUT2D eigenvalue weighted by molar-refractivity contribution is 0.417. The van der Waals surface area contributed by atoms with Crippen molar-refractivity contribution in [1.29, 1.82) is 0 Å².